The maximum Gasteiger partial charge on any atom is 0.251 e. The number of aromatic nitrogens is 1. The summed E-state index contributed by atoms with van der Waals surface area (Å²) in [5.41, 5.74) is 5.18. The topological polar surface area (TPSA) is 45.2 Å². The summed E-state index contributed by atoms with van der Waals surface area (Å²) in [6.45, 7) is 5.69. The number of thiazole rings is 1. The number of aryl methyl sites for hydroxylation is 1. The van der Waals surface area contributed by atoms with Crippen molar-refractivity contribution < 1.29 is 4.79 Å². The van der Waals surface area contributed by atoms with Crippen LogP contribution in [0.15, 0.2) is 53.9 Å². The van der Waals surface area contributed by atoms with E-state index in [0.717, 1.165) is 34.9 Å². The Morgan fingerprint density at radius 3 is 2.48 bits per heavy atom. The van der Waals surface area contributed by atoms with Gasteiger partial charge in [0.2, 0.25) is 0 Å². The largest absolute Gasteiger partial charge is 0.375 e. The molecule has 1 amide bonds. The Morgan fingerprint density at radius 1 is 1.11 bits per heavy atom. The van der Waals surface area contributed by atoms with E-state index >= 15 is 0 Å². The van der Waals surface area contributed by atoms with Crippen molar-refractivity contribution in [3.05, 3.63) is 70.7 Å². The SMILES string of the molecule is CCN(C)c1ccc(C(=O)NCCc2csc(-c3ccc(C)cc3)n2)cc1. The zero-order valence-electron chi connectivity index (χ0n) is 16.0. The van der Waals surface area contributed by atoms with Crippen molar-refractivity contribution in [2.45, 2.75) is 20.3 Å². The summed E-state index contributed by atoms with van der Waals surface area (Å²) in [5, 5.41) is 6.07. The van der Waals surface area contributed by atoms with Gasteiger partial charge in [-0.05, 0) is 38.1 Å². The highest BCUT2D eigenvalue weighted by Gasteiger charge is 2.08. The van der Waals surface area contributed by atoms with Gasteiger partial charge in [-0.15, -0.1) is 11.3 Å². The Bertz CT molecular complexity index is 885. The lowest BCUT2D eigenvalue weighted by Crippen LogP contribution is -2.25. The molecular weight excluding hydrogens is 354 g/mol. The quantitative estimate of drug-likeness (QED) is 0.655. The highest BCUT2D eigenvalue weighted by Crippen LogP contribution is 2.24. The van der Waals surface area contributed by atoms with Crippen LogP contribution in [0, 0.1) is 6.92 Å². The molecule has 0 aliphatic heterocycles. The van der Waals surface area contributed by atoms with E-state index in [2.05, 4.69) is 58.7 Å². The zero-order chi connectivity index (χ0) is 19.2. The summed E-state index contributed by atoms with van der Waals surface area (Å²) in [7, 11) is 2.04. The van der Waals surface area contributed by atoms with Gasteiger partial charge in [-0.25, -0.2) is 4.98 Å². The molecule has 1 heterocycles. The van der Waals surface area contributed by atoms with Gasteiger partial charge in [-0.1, -0.05) is 29.8 Å². The Morgan fingerprint density at radius 2 is 1.81 bits per heavy atom. The second-order valence-electron chi connectivity index (χ2n) is 6.58. The van der Waals surface area contributed by atoms with E-state index in [0.29, 0.717) is 12.1 Å². The van der Waals surface area contributed by atoms with Crippen molar-refractivity contribution >= 4 is 22.9 Å². The fourth-order valence-electron chi connectivity index (χ4n) is 2.71. The third kappa shape index (κ3) is 4.95. The second-order valence-corrected chi connectivity index (χ2v) is 7.44. The molecular formula is C22H25N3OS. The maximum atomic E-state index is 12.3. The molecule has 4 nitrogen and oxygen atoms in total. The first-order valence-corrected chi connectivity index (χ1v) is 10.1. The van der Waals surface area contributed by atoms with Crippen LogP contribution in [0.4, 0.5) is 5.69 Å². The minimum absolute atomic E-state index is 0.0466. The summed E-state index contributed by atoms with van der Waals surface area (Å²) in [4.78, 5) is 19.1. The fourth-order valence-corrected chi connectivity index (χ4v) is 3.57. The van der Waals surface area contributed by atoms with Crippen LogP contribution in [0.1, 0.15) is 28.5 Å². The summed E-state index contributed by atoms with van der Waals surface area (Å²) >= 11 is 1.64. The standard InChI is InChI=1S/C22H25N3OS/c1-4-25(3)20-11-9-17(10-12-20)21(26)23-14-13-19-15-27-22(24-19)18-7-5-16(2)6-8-18/h5-12,15H,4,13-14H2,1-3H3,(H,23,26). The highest BCUT2D eigenvalue weighted by atomic mass is 32.1. The average molecular weight is 380 g/mol. The smallest absolute Gasteiger partial charge is 0.251 e. The van der Waals surface area contributed by atoms with Crippen molar-refractivity contribution in [3.8, 4) is 10.6 Å². The monoisotopic (exact) mass is 379 g/mol. The van der Waals surface area contributed by atoms with Gasteiger partial charge >= 0.3 is 0 Å². The number of nitrogens with one attached hydrogen (secondary N) is 1. The second kappa shape index (κ2) is 8.82. The van der Waals surface area contributed by atoms with Crippen molar-refractivity contribution in [1.82, 2.24) is 10.3 Å². The van der Waals surface area contributed by atoms with Crippen LogP contribution in [0.5, 0.6) is 0 Å². The molecule has 1 N–H and O–H groups in total. The number of carbonyl (C=O) groups is 1. The van der Waals surface area contributed by atoms with Crippen molar-refractivity contribution in [3.63, 3.8) is 0 Å². The molecule has 0 fully saturated rings. The molecule has 0 saturated heterocycles. The van der Waals surface area contributed by atoms with Crippen molar-refractivity contribution in [2.24, 2.45) is 0 Å². The molecule has 5 heteroatoms. The zero-order valence-corrected chi connectivity index (χ0v) is 16.8. The van der Waals surface area contributed by atoms with Crippen LogP contribution >= 0.6 is 11.3 Å². The molecule has 0 saturated carbocycles. The van der Waals surface area contributed by atoms with E-state index < -0.39 is 0 Å². The molecule has 0 atom stereocenters. The summed E-state index contributed by atoms with van der Waals surface area (Å²) < 4.78 is 0. The molecule has 0 unspecified atom stereocenters. The Balaban J connectivity index is 1.52. The van der Waals surface area contributed by atoms with Crippen molar-refractivity contribution in [1.29, 1.82) is 0 Å². The van der Waals surface area contributed by atoms with Crippen LogP contribution in [-0.4, -0.2) is 31.0 Å². The summed E-state index contributed by atoms with van der Waals surface area (Å²) in [5.74, 6) is -0.0466. The Labute approximate surface area is 164 Å². The number of anilines is 1. The first-order chi connectivity index (χ1) is 13.1. The normalized spacial score (nSPS) is 10.6. The van der Waals surface area contributed by atoms with Gasteiger partial charge in [0, 0.05) is 48.8 Å². The molecule has 140 valence electrons. The molecule has 0 aliphatic rings. The molecule has 1 aromatic heterocycles. The molecule has 27 heavy (non-hydrogen) atoms. The van der Waals surface area contributed by atoms with Crippen molar-refractivity contribution in [2.75, 3.05) is 25.0 Å². The van der Waals surface area contributed by atoms with Gasteiger partial charge in [0.15, 0.2) is 0 Å². The van der Waals surface area contributed by atoms with Gasteiger partial charge in [-0.2, -0.15) is 0 Å². The number of nitrogens with zero attached hydrogens (tertiary/aromatic N) is 2. The van der Waals surface area contributed by atoms with Gasteiger partial charge in [0.25, 0.3) is 5.91 Å². The van der Waals surface area contributed by atoms with E-state index in [1.54, 1.807) is 11.3 Å². The third-order valence-corrected chi connectivity index (χ3v) is 5.50. The van der Waals surface area contributed by atoms with E-state index in [1.807, 2.05) is 31.3 Å². The number of hydrogen-bond acceptors (Lipinski definition) is 4. The molecule has 2 aromatic carbocycles. The summed E-state index contributed by atoms with van der Waals surface area (Å²) in [6.07, 6.45) is 0.727. The molecule has 0 radical (unpaired) electrons. The molecule has 3 aromatic rings. The average Bonchev–Trinajstić information content (AvgIpc) is 3.17. The van der Waals surface area contributed by atoms with Crippen LogP contribution in [0.3, 0.4) is 0 Å². The van der Waals surface area contributed by atoms with Gasteiger partial charge in [0.1, 0.15) is 5.01 Å². The predicted molar refractivity (Wildman–Crippen MR) is 114 cm³/mol. The number of amides is 1. The third-order valence-electron chi connectivity index (χ3n) is 4.56. The highest BCUT2D eigenvalue weighted by molar-refractivity contribution is 7.13. The minimum atomic E-state index is -0.0466. The van der Waals surface area contributed by atoms with Crippen LogP contribution in [0.25, 0.3) is 10.6 Å². The Kier molecular flexibility index (Phi) is 6.24. The van der Waals surface area contributed by atoms with Crippen LogP contribution in [-0.2, 0) is 6.42 Å². The number of benzene rings is 2. The lowest BCUT2D eigenvalue weighted by atomic mass is 10.1. The predicted octanol–water partition coefficient (Wildman–Crippen LogP) is 4.55. The first kappa shape index (κ1) is 19.1. The van der Waals surface area contributed by atoms with E-state index in [9.17, 15) is 4.79 Å². The van der Waals surface area contributed by atoms with Crippen LogP contribution in [0.2, 0.25) is 0 Å². The summed E-state index contributed by atoms with van der Waals surface area (Å²) in [6, 6.07) is 16.1. The maximum absolute atomic E-state index is 12.3. The minimum Gasteiger partial charge on any atom is -0.375 e. The van der Waals surface area contributed by atoms with Gasteiger partial charge < -0.3 is 10.2 Å². The molecule has 0 aliphatic carbocycles. The fraction of sp³-hybridized carbons (Fsp3) is 0.273. The first-order valence-electron chi connectivity index (χ1n) is 9.17. The molecule has 0 spiro atoms. The lowest BCUT2D eigenvalue weighted by Gasteiger charge is -2.16. The van der Waals surface area contributed by atoms with Gasteiger partial charge in [0.05, 0.1) is 5.69 Å². The van der Waals surface area contributed by atoms with E-state index in [1.165, 1.54) is 5.56 Å². The number of carbonyl (C=O) groups excluding carboxylic acids is 1. The van der Waals surface area contributed by atoms with Gasteiger partial charge in [-0.3, -0.25) is 4.79 Å². The lowest BCUT2D eigenvalue weighted by molar-refractivity contribution is 0.0954. The Hall–Kier alpha value is -2.66. The van der Waals surface area contributed by atoms with E-state index in [4.69, 9.17) is 0 Å². The van der Waals surface area contributed by atoms with Crippen LogP contribution < -0.4 is 10.2 Å². The van der Waals surface area contributed by atoms with E-state index in [-0.39, 0.29) is 5.91 Å². The molecule has 3 rings (SSSR count). The number of rotatable bonds is 7. The molecule has 0 bridgehead atoms. The number of hydrogen-bond donors (Lipinski definition) is 1.